The normalized spacial score (nSPS) is 19.0. The molecule has 1 saturated carbocycles. The molecule has 3 aromatic rings. The summed E-state index contributed by atoms with van der Waals surface area (Å²) in [6.45, 7) is 3.28. The van der Waals surface area contributed by atoms with Gasteiger partial charge in [-0.3, -0.25) is 4.79 Å². The Morgan fingerprint density at radius 1 is 1.32 bits per heavy atom. The summed E-state index contributed by atoms with van der Waals surface area (Å²) in [7, 11) is 0. The zero-order chi connectivity index (χ0) is 19.5. The van der Waals surface area contributed by atoms with E-state index in [1.165, 1.54) is 0 Å². The minimum Gasteiger partial charge on any atom is -0.494 e. The van der Waals surface area contributed by atoms with Crippen molar-refractivity contribution in [1.82, 2.24) is 25.0 Å². The van der Waals surface area contributed by atoms with Crippen LogP contribution in [0.5, 0.6) is 5.75 Å². The molecule has 0 saturated heterocycles. The Morgan fingerprint density at radius 3 is 2.86 bits per heavy atom. The highest BCUT2D eigenvalue weighted by molar-refractivity contribution is 5.77. The molecule has 0 radical (unpaired) electrons. The minimum atomic E-state index is -0.203. The molecular weight excluding hydrogens is 358 g/mol. The first-order valence-corrected chi connectivity index (χ1v) is 9.49. The summed E-state index contributed by atoms with van der Waals surface area (Å²) in [6.07, 6.45) is 4.31. The number of rotatable bonds is 7. The number of hydrogen-bond donors (Lipinski definition) is 2. The van der Waals surface area contributed by atoms with Gasteiger partial charge in [-0.25, -0.2) is 4.98 Å². The average molecular weight is 381 g/mol. The van der Waals surface area contributed by atoms with Crippen LogP contribution in [0.2, 0.25) is 0 Å². The molecule has 1 aromatic carbocycles. The van der Waals surface area contributed by atoms with Gasteiger partial charge < -0.3 is 15.8 Å². The fourth-order valence-electron chi connectivity index (χ4n) is 3.59. The fraction of sp³-hybridized carbons (Fsp3) is 0.421. The first-order chi connectivity index (χ1) is 13.6. The van der Waals surface area contributed by atoms with Crippen LogP contribution >= 0.6 is 0 Å². The van der Waals surface area contributed by atoms with E-state index in [1.54, 1.807) is 10.9 Å². The molecule has 2 aromatic heterocycles. The molecule has 4 rings (SSSR count). The number of primary amides is 1. The van der Waals surface area contributed by atoms with Crippen LogP contribution in [0.3, 0.4) is 0 Å². The summed E-state index contributed by atoms with van der Waals surface area (Å²) in [5.41, 5.74) is 7.50. The molecule has 1 aliphatic carbocycles. The van der Waals surface area contributed by atoms with E-state index in [1.807, 2.05) is 31.2 Å². The standard InChI is InChI=1S/C19H23N7O2/c1-2-28-15-7-5-14(6-8-15)26-18-16(24-25-26)11-22-19(23-18)21-10-12-3-4-13(9-12)17(20)27/h5-8,11-13H,2-4,9-10H2,1H3,(H2,20,27)(H,21,22,23)/t12?,13-/m1/s1. The number of carbonyl (C=O) groups excluding carboxylic acids is 1. The molecule has 1 fully saturated rings. The maximum Gasteiger partial charge on any atom is 0.224 e. The van der Waals surface area contributed by atoms with Crippen molar-refractivity contribution in [2.45, 2.75) is 26.2 Å². The molecule has 28 heavy (non-hydrogen) atoms. The molecule has 1 aliphatic rings. The average Bonchev–Trinajstić information content (AvgIpc) is 3.34. The lowest BCUT2D eigenvalue weighted by molar-refractivity contribution is -0.121. The van der Waals surface area contributed by atoms with Gasteiger partial charge in [0.1, 0.15) is 5.75 Å². The summed E-state index contributed by atoms with van der Waals surface area (Å²) in [5.74, 6) is 1.50. The van der Waals surface area contributed by atoms with E-state index in [-0.39, 0.29) is 11.8 Å². The molecule has 9 heteroatoms. The van der Waals surface area contributed by atoms with Gasteiger partial charge in [0.2, 0.25) is 11.9 Å². The van der Waals surface area contributed by atoms with E-state index in [0.717, 1.165) is 30.7 Å². The number of aromatic nitrogens is 5. The molecule has 1 unspecified atom stereocenters. The smallest absolute Gasteiger partial charge is 0.224 e. The lowest BCUT2D eigenvalue weighted by Gasteiger charge is -2.11. The fourth-order valence-corrected chi connectivity index (χ4v) is 3.59. The van der Waals surface area contributed by atoms with Gasteiger partial charge >= 0.3 is 0 Å². The number of anilines is 1. The van der Waals surface area contributed by atoms with Gasteiger partial charge in [0.05, 0.1) is 18.5 Å². The first-order valence-electron chi connectivity index (χ1n) is 9.49. The summed E-state index contributed by atoms with van der Waals surface area (Å²) in [4.78, 5) is 20.2. The van der Waals surface area contributed by atoms with E-state index in [2.05, 4.69) is 25.6 Å². The minimum absolute atomic E-state index is 0.0134. The number of carbonyl (C=O) groups is 1. The SMILES string of the molecule is CCOc1ccc(-n2nnc3cnc(NCC4CC[C@@H](C(N)=O)C4)nc32)cc1. The number of amides is 1. The molecule has 0 aliphatic heterocycles. The second-order valence-electron chi connectivity index (χ2n) is 6.99. The Labute approximate surface area is 162 Å². The van der Waals surface area contributed by atoms with Gasteiger partial charge in [-0.1, -0.05) is 5.21 Å². The Morgan fingerprint density at radius 2 is 2.14 bits per heavy atom. The van der Waals surface area contributed by atoms with Crippen molar-refractivity contribution in [2.75, 3.05) is 18.5 Å². The Kier molecular flexibility index (Phi) is 5.05. The number of hydrogen-bond acceptors (Lipinski definition) is 7. The van der Waals surface area contributed by atoms with Crippen LogP contribution in [-0.4, -0.2) is 44.0 Å². The summed E-state index contributed by atoms with van der Waals surface area (Å²) >= 11 is 0. The number of nitrogens with one attached hydrogen (secondary N) is 1. The lowest BCUT2D eigenvalue weighted by Crippen LogP contribution is -2.21. The molecule has 0 spiro atoms. The van der Waals surface area contributed by atoms with Crippen molar-refractivity contribution in [3.63, 3.8) is 0 Å². The highest BCUT2D eigenvalue weighted by Crippen LogP contribution is 2.30. The van der Waals surface area contributed by atoms with Crippen molar-refractivity contribution < 1.29 is 9.53 Å². The van der Waals surface area contributed by atoms with Crippen molar-refractivity contribution in [3.05, 3.63) is 30.5 Å². The van der Waals surface area contributed by atoms with Crippen LogP contribution in [0.15, 0.2) is 30.5 Å². The van der Waals surface area contributed by atoms with Crippen LogP contribution < -0.4 is 15.8 Å². The second-order valence-corrected chi connectivity index (χ2v) is 6.99. The second kappa shape index (κ2) is 7.79. The lowest BCUT2D eigenvalue weighted by atomic mass is 10.0. The first kappa shape index (κ1) is 18.1. The Hall–Kier alpha value is -3.23. The van der Waals surface area contributed by atoms with Crippen LogP contribution in [-0.2, 0) is 4.79 Å². The predicted octanol–water partition coefficient (Wildman–Crippen LogP) is 1.92. The van der Waals surface area contributed by atoms with E-state index >= 15 is 0 Å². The van der Waals surface area contributed by atoms with Gasteiger partial charge in [-0.2, -0.15) is 9.67 Å². The molecule has 2 heterocycles. The van der Waals surface area contributed by atoms with Gasteiger partial charge in [-0.15, -0.1) is 5.10 Å². The van der Waals surface area contributed by atoms with Crippen LogP contribution in [0.25, 0.3) is 16.9 Å². The van der Waals surface area contributed by atoms with Gasteiger partial charge in [0.15, 0.2) is 11.2 Å². The summed E-state index contributed by atoms with van der Waals surface area (Å²) in [5, 5.41) is 11.6. The highest BCUT2D eigenvalue weighted by Gasteiger charge is 2.28. The molecular formula is C19H23N7O2. The zero-order valence-corrected chi connectivity index (χ0v) is 15.7. The third-order valence-corrected chi connectivity index (χ3v) is 5.08. The van der Waals surface area contributed by atoms with Gasteiger partial charge in [0, 0.05) is 12.5 Å². The van der Waals surface area contributed by atoms with Crippen LogP contribution in [0.1, 0.15) is 26.2 Å². The quantitative estimate of drug-likeness (QED) is 0.641. The molecule has 9 nitrogen and oxygen atoms in total. The predicted molar refractivity (Wildman–Crippen MR) is 104 cm³/mol. The third-order valence-electron chi connectivity index (χ3n) is 5.08. The van der Waals surface area contributed by atoms with Crippen LogP contribution in [0, 0.1) is 11.8 Å². The van der Waals surface area contributed by atoms with Gasteiger partial charge in [0.25, 0.3) is 0 Å². The highest BCUT2D eigenvalue weighted by atomic mass is 16.5. The van der Waals surface area contributed by atoms with Crippen molar-refractivity contribution >= 4 is 23.0 Å². The van der Waals surface area contributed by atoms with Crippen molar-refractivity contribution in [1.29, 1.82) is 0 Å². The van der Waals surface area contributed by atoms with E-state index < -0.39 is 0 Å². The van der Waals surface area contributed by atoms with Crippen molar-refractivity contribution in [3.8, 4) is 11.4 Å². The number of benzene rings is 1. The maximum atomic E-state index is 11.3. The third kappa shape index (κ3) is 3.73. The van der Waals surface area contributed by atoms with Gasteiger partial charge in [-0.05, 0) is 56.4 Å². The molecule has 3 N–H and O–H groups in total. The monoisotopic (exact) mass is 381 g/mol. The number of nitrogens with two attached hydrogens (primary N) is 1. The topological polar surface area (TPSA) is 121 Å². The van der Waals surface area contributed by atoms with E-state index in [9.17, 15) is 4.79 Å². The number of fused-ring (bicyclic) bond motifs is 1. The summed E-state index contributed by atoms with van der Waals surface area (Å²) in [6, 6.07) is 7.61. The molecule has 2 atom stereocenters. The zero-order valence-electron chi connectivity index (χ0n) is 15.7. The maximum absolute atomic E-state index is 11.3. The molecule has 146 valence electrons. The Balaban J connectivity index is 1.49. The largest absolute Gasteiger partial charge is 0.494 e. The van der Waals surface area contributed by atoms with E-state index in [0.29, 0.717) is 36.2 Å². The van der Waals surface area contributed by atoms with Crippen LogP contribution in [0.4, 0.5) is 5.95 Å². The Bertz CT molecular complexity index is 970. The van der Waals surface area contributed by atoms with E-state index in [4.69, 9.17) is 10.5 Å². The molecule has 0 bridgehead atoms. The number of nitrogens with zero attached hydrogens (tertiary/aromatic N) is 5. The van der Waals surface area contributed by atoms with Crippen molar-refractivity contribution in [2.24, 2.45) is 17.6 Å². The number of ether oxygens (including phenoxy) is 1. The summed E-state index contributed by atoms with van der Waals surface area (Å²) < 4.78 is 7.16. The molecule has 1 amide bonds.